The van der Waals surface area contributed by atoms with Crippen molar-refractivity contribution in [2.75, 3.05) is 39.1 Å². The van der Waals surface area contributed by atoms with Crippen molar-refractivity contribution in [1.82, 2.24) is 10.6 Å². The summed E-state index contributed by atoms with van der Waals surface area (Å²) >= 11 is 1.89. The zero-order valence-electron chi connectivity index (χ0n) is 18.5. The molecule has 0 bridgehead atoms. The number of thioether (sulfide) groups is 1. The average Bonchev–Trinajstić information content (AvgIpc) is 2.70. The maximum atomic E-state index is 10.6. The molecule has 0 radical (unpaired) electrons. The molecule has 0 aliphatic carbocycles. The molecule has 1 saturated heterocycles. The topological polar surface area (TPSA) is 65.9 Å². The van der Waals surface area contributed by atoms with Crippen LogP contribution < -0.4 is 10.6 Å². The zero-order chi connectivity index (χ0) is 20.6. The van der Waals surface area contributed by atoms with Crippen LogP contribution in [0.2, 0.25) is 0 Å². The van der Waals surface area contributed by atoms with Gasteiger partial charge in [-0.25, -0.2) is 0 Å². The van der Waals surface area contributed by atoms with Gasteiger partial charge in [0.15, 0.2) is 5.96 Å². The maximum Gasteiger partial charge on any atom is 0.191 e. The van der Waals surface area contributed by atoms with Gasteiger partial charge in [-0.2, -0.15) is 11.8 Å². The molecule has 1 unspecified atom stereocenters. The molecule has 1 aliphatic heterocycles. The Morgan fingerprint density at radius 1 is 1.21 bits per heavy atom. The van der Waals surface area contributed by atoms with Crippen LogP contribution in [0.5, 0.6) is 0 Å². The summed E-state index contributed by atoms with van der Waals surface area (Å²) < 4.78 is 5.67. The monoisotopic (exact) mass is 535 g/mol. The van der Waals surface area contributed by atoms with Crippen LogP contribution in [0.1, 0.15) is 57.8 Å². The lowest BCUT2D eigenvalue weighted by Gasteiger charge is -2.34. The van der Waals surface area contributed by atoms with E-state index in [0.717, 1.165) is 50.7 Å². The summed E-state index contributed by atoms with van der Waals surface area (Å²) in [6.07, 6.45) is 3.64. The van der Waals surface area contributed by atoms with Crippen molar-refractivity contribution in [1.29, 1.82) is 0 Å². The largest absolute Gasteiger partial charge is 0.387 e. The van der Waals surface area contributed by atoms with Gasteiger partial charge in [-0.3, -0.25) is 4.99 Å². The number of halogens is 1. The highest BCUT2D eigenvalue weighted by Gasteiger charge is 2.31. The van der Waals surface area contributed by atoms with Crippen LogP contribution in [0, 0.1) is 0 Å². The predicted octanol–water partition coefficient (Wildman–Crippen LogP) is 4.10. The summed E-state index contributed by atoms with van der Waals surface area (Å²) in [4.78, 5) is 4.80. The number of aliphatic imine (C=N–C) groups is 1. The first-order valence-corrected chi connectivity index (χ1v) is 11.5. The van der Waals surface area contributed by atoms with Crippen molar-refractivity contribution in [3.8, 4) is 0 Å². The molecule has 1 heterocycles. The maximum absolute atomic E-state index is 10.6. The quantitative estimate of drug-likeness (QED) is 0.279. The SMILES string of the molecule is CCNC(=NCC1(SC)CCOCC1)NCC(O)c1ccc(C(C)(C)C)cc1.I. The first-order chi connectivity index (χ1) is 13.3. The van der Waals surface area contributed by atoms with Crippen molar-refractivity contribution in [2.45, 2.75) is 56.8 Å². The van der Waals surface area contributed by atoms with Gasteiger partial charge in [0.2, 0.25) is 0 Å². The van der Waals surface area contributed by atoms with Gasteiger partial charge in [0.25, 0.3) is 0 Å². The molecule has 3 N–H and O–H groups in total. The molecular formula is C22H38IN3O2S. The summed E-state index contributed by atoms with van der Waals surface area (Å²) in [5.41, 5.74) is 2.30. The van der Waals surface area contributed by atoms with E-state index in [2.05, 4.69) is 56.7 Å². The summed E-state index contributed by atoms with van der Waals surface area (Å²) in [6.45, 7) is 12.2. The van der Waals surface area contributed by atoms with Gasteiger partial charge in [0.05, 0.1) is 12.6 Å². The Hall–Kier alpha value is -0.510. The lowest BCUT2D eigenvalue weighted by atomic mass is 9.86. The Labute approximate surface area is 197 Å². The van der Waals surface area contributed by atoms with Crippen molar-refractivity contribution < 1.29 is 9.84 Å². The van der Waals surface area contributed by atoms with Gasteiger partial charge < -0.3 is 20.5 Å². The van der Waals surface area contributed by atoms with Crippen LogP contribution >= 0.6 is 35.7 Å². The molecule has 166 valence electrons. The van der Waals surface area contributed by atoms with E-state index in [1.165, 1.54) is 5.56 Å². The molecule has 7 heteroatoms. The number of rotatable bonds is 7. The molecular weight excluding hydrogens is 497 g/mol. The number of hydrogen-bond donors (Lipinski definition) is 3. The second kappa shape index (κ2) is 12.4. The predicted molar refractivity (Wildman–Crippen MR) is 136 cm³/mol. The van der Waals surface area contributed by atoms with Crippen molar-refractivity contribution in [3.63, 3.8) is 0 Å². The first-order valence-electron chi connectivity index (χ1n) is 10.2. The minimum Gasteiger partial charge on any atom is -0.387 e. The van der Waals surface area contributed by atoms with E-state index in [4.69, 9.17) is 9.73 Å². The molecule has 1 atom stereocenters. The summed E-state index contributed by atoms with van der Waals surface area (Å²) in [7, 11) is 0. The summed E-state index contributed by atoms with van der Waals surface area (Å²) in [5.74, 6) is 0.757. The molecule has 2 rings (SSSR count). The Balaban J connectivity index is 0.00000420. The van der Waals surface area contributed by atoms with Gasteiger partial charge in [0, 0.05) is 31.1 Å². The van der Waals surface area contributed by atoms with E-state index in [1.807, 2.05) is 23.9 Å². The Morgan fingerprint density at radius 2 is 1.83 bits per heavy atom. The van der Waals surface area contributed by atoms with Crippen LogP contribution in [0.15, 0.2) is 29.3 Å². The molecule has 1 fully saturated rings. The third-order valence-electron chi connectivity index (χ3n) is 5.33. The molecule has 0 saturated carbocycles. The molecule has 1 aromatic rings. The fourth-order valence-electron chi connectivity index (χ4n) is 3.25. The molecule has 0 amide bonds. The highest BCUT2D eigenvalue weighted by molar-refractivity contribution is 14.0. The first kappa shape index (κ1) is 26.5. The lowest BCUT2D eigenvalue weighted by Crippen LogP contribution is -2.42. The molecule has 0 spiro atoms. The lowest BCUT2D eigenvalue weighted by molar-refractivity contribution is 0.0794. The number of hydrogen-bond acceptors (Lipinski definition) is 4. The van der Waals surface area contributed by atoms with E-state index in [-0.39, 0.29) is 34.1 Å². The minimum absolute atomic E-state index is 0. The summed E-state index contributed by atoms with van der Waals surface area (Å²) in [6, 6.07) is 8.24. The number of nitrogens with one attached hydrogen (secondary N) is 2. The fourth-order valence-corrected chi connectivity index (χ4v) is 4.02. The van der Waals surface area contributed by atoms with E-state index < -0.39 is 6.10 Å². The van der Waals surface area contributed by atoms with Gasteiger partial charge >= 0.3 is 0 Å². The standard InChI is InChI=1S/C22H37N3O2S.HI/c1-6-23-20(25-16-22(28-5)11-13-27-14-12-22)24-15-19(26)17-7-9-18(10-8-17)21(2,3)4;/h7-10,19,26H,6,11-16H2,1-5H3,(H2,23,24,25);1H. The number of nitrogens with zero attached hydrogens (tertiary/aromatic N) is 1. The van der Waals surface area contributed by atoms with Gasteiger partial charge in [-0.1, -0.05) is 45.0 Å². The van der Waals surface area contributed by atoms with E-state index >= 15 is 0 Å². The summed E-state index contributed by atoms with van der Waals surface area (Å²) in [5, 5.41) is 17.2. The number of guanidine groups is 1. The van der Waals surface area contributed by atoms with Crippen LogP contribution in [-0.2, 0) is 10.2 Å². The van der Waals surface area contributed by atoms with Crippen LogP contribution in [0.25, 0.3) is 0 Å². The number of benzene rings is 1. The van der Waals surface area contributed by atoms with E-state index in [0.29, 0.717) is 6.54 Å². The molecule has 0 aromatic heterocycles. The highest BCUT2D eigenvalue weighted by atomic mass is 127. The normalized spacial score (nSPS) is 17.9. The van der Waals surface area contributed by atoms with Crippen molar-refractivity contribution >= 4 is 41.7 Å². The van der Waals surface area contributed by atoms with E-state index in [1.54, 1.807) is 0 Å². The smallest absolute Gasteiger partial charge is 0.191 e. The number of ether oxygens (including phenoxy) is 1. The zero-order valence-corrected chi connectivity index (χ0v) is 21.6. The number of aliphatic hydroxyl groups excluding tert-OH is 1. The molecule has 1 aromatic carbocycles. The molecule has 1 aliphatic rings. The third kappa shape index (κ3) is 8.26. The van der Waals surface area contributed by atoms with Crippen LogP contribution in [0.4, 0.5) is 0 Å². The van der Waals surface area contributed by atoms with Gasteiger partial charge in [0.1, 0.15) is 0 Å². The Morgan fingerprint density at radius 3 is 2.34 bits per heavy atom. The van der Waals surface area contributed by atoms with Crippen molar-refractivity contribution in [3.05, 3.63) is 35.4 Å². The van der Waals surface area contributed by atoms with E-state index in [9.17, 15) is 5.11 Å². The van der Waals surface area contributed by atoms with Gasteiger partial charge in [-0.15, -0.1) is 24.0 Å². The molecule has 5 nitrogen and oxygen atoms in total. The fraction of sp³-hybridized carbons (Fsp3) is 0.682. The van der Waals surface area contributed by atoms with Gasteiger partial charge in [-0.05, 0) is 42.6 Å². The third-order valence-corrected chi connectivity index (χ3v) is 6.73. The van der Waals surface area contributed by atoms with Crippen LogP contribution in [-0.4, -0.2) is 54.9 Å². The second-order valence-corrected chi connectivity index (χ2v) is 9.74. The van der Waals surface area contributed by atoms with Crippen LogP contribution in [0.3, 0.4) is 0 Å². The average molecular weight is 536 g/mol. The Kier molecular flexibility index (Phi) is 11.3. The Bertz CT molecular complexity index is 626. The number of aliphatic hydroxyl groups is 1. The minimum atomic E-state index is -0.574. The molecule has 29 heavy (non-hydrogen) atoms. The second-order valence-electron chi connectivity index (χ2n) is 8.46. The highest BCUT2D eigenvalue weighted by Crippen LogP contribution is 2.34. The van der Waals surface area contributed by atoms with Crippen molar-refractivity contribution in [2.24, 2.45) is 4.99 Å².